The van der Waals surface area contributed by atoms with Crippen LogP contribution in [0.15, 0.2) is 68.1 Å². The highest BCUT2D eigenvalue weighted by atomic mass is 14.8. The van der Waals surface area contributed by atoms with E-state index in [-0.39, 0.29) is 0 Å². The van der Waals surface area contributed by atoms with Crippen LogP contribution in [-0.2, 0) is 0 Å². The van der Waals surface area contributed by atoms with Crippen molar-refractivity contribution >= 4 is 23.1 Å². The van der Waals surface area contributed by atoms with Gasteiger partial charge in [-0.3, -0.25) is 15.0 Å². The van der Waals surface area contributed by atoms with Crippen molar-refractivity contribution < 1.29 is 0 Å². The van der Waals surface area contributed by atoms with Gasteiger partial charge in [-0.2, -0.15) is 0 Å². The number of benzene rings is 1. The summed E-state index contributed by atoms with van der Waals surface area (Å²) in [7, 11) is 0. The summed E-state index contributed by atoms with van der Waals surface area (Å²) in [6.45, 7) is 7.18. The Labute approximate surface area is 118 Å². The molecule has 0 aliphatic heterocycles. The van der Waals surface area contributed by atoms with E-state index in [9.17, 15) is 0 Å². The Bertz CT molecular complexity index is 628. The summed E-state index contributed by atoms with van der Waals surface area (Å²) in [5.74, 6) is 0. The van der Waals surface area contributed by atoms with Crippen LogP contribution in [0.1, 0.15) is 11.4 Å². The molecular weight excluding hydrogens is 246 g/mol. The summed E-state index contributed by atoms with van der Waals surface area (Å²) >= 11 is 0. The quantitative estimate of drug-likeness (QED) is 0.700. The molecule has 3 aromatic rings. The molecule has 2 heterocycles. The molecule has 1 aromatic carbocycles. The predicted molar refractivity (Wildman–Crippen MR) is 84.0 cm³/mol. The minimum Gasteiger partial charge on any atom is -0.256 e. The summed E-state index contributed by atoms with van der Waals surface area (Å²) in [5, 5.41) is 1.20. The summed E-state index contributed by atoms with van der Waals surface area (Å²) in [6.07, 6.45) is 8.38. The molecule has 3 rings (SSSR count). The van der Waals surface area contributed by atoms with E-state index >= 15 is 0 Å². The topological polar surface area (TPSA) is 38.7 Å². The fraction of sp³-hybridized carbons (Fsp3) is 0. The van der Waals surface area contributed by atoms with Crippen molar-refractivity contribution in [3.05, 3.63) is 79.5 Å². The van der Waals surface area contributed by atoms with E-state index in [0.29, 0.717) is 0 Å². The number of pyridine rings is 1. The molecule has 0 spiro atoms. The van der Waals surface area contributed by atoms with Gasteiger partial charge in [0.25, 0.3) is 0 Å². The van der Waals surface area contributed by atoms with E-state index in [1.165, 1.54) is 5.39 Å². The van der Waals surface area contributed by atoms with Gasteiger partial charge < -0.3 is 0 Å². The van der Waals surface area contributed by atoms with Crippen LogP contribution < -0.4 is 0 Å². The average Bonchev–Trinajstić information content (AvgIpc) is 2.55. The van der Waals surface area contributed by atoms with Crippen molar-refractivity contribution in [1.29, 1.82) is 0 Å². The molecule has 0 atom stereocenters. The van der Waals surface area contributed by atoms with Gasteiger partial charge in [-0.25, -0.2) is 0 Å². The van der Waals surface area contributed by atoms with Gasteiger partial charge in [0.15, 0.2) is 0 Å². The minimum absolute atomic E-state index is 0.775. The van der Waals surface area contributed by atoms with Crippen LogP contribution in [0.25, 0.3) is 23.1 Å². The van der Waals surface area contributed by atoms with Crippen LogP contribution in [0, 0.1) is 0 Å². The van der Waals surface area contributed by atoms with E-state index in [1.807, 2.05) is 30.5 Å². The number of para-hydroxylation sites is 1. The largest absolute Gasteiger partial charge is 0.256 e. The Hall–Kier alpha value is -2.81. The second-order valence-corrected chi connectivity index (χ2v) is 3.93. The first kappa shape index (κ1) is 13.6. The van der Waals surface area contributed by atoms with Crippen LogP contribution in [0.4, 0.5) is 0 Å². The maximum Gasteiger partial charge on any atom is 0.0880 e. The van der Waals surface area contributed by atoms with Crippen molar-refractivity contribution in [1.82, 2.24) is 15.0 Å². The number of aromatic nitrogens is 3. The van der Waals surface area contributed by atoms with Crippen LogP contribution >= 0.6 is 0 Å². The molecule has 3 heteroatoms. The Kier molecular flexibility index (Phi) is 4.73. The zero-order chi connectivity index (χ0) is 14.2. The molecule has 0 aliphatic rings. The van der Waals surface area contributed by atoms with Crippen molar-refractivity contribution in [3.8, 4) is 0 Å². The molecule has 0 radical (unpaired) electrons. The molecule has 2 aromatic heterocycles. The Morgan fingerprint density at radius 2 is 1.30 bits per heavy atom. The van der Waals surface area contributed by atoms with Gasteiger partial charge in [0.1, 0.15) is 0 Å². The first-order chi connectivity index (χ1) is 9.85. The summed E-state index contributed by atoms with van der Waals surface area (Å²) < 4.78 is 0. The highest BCUT2D eigenvalue weighted by Gasteiger charge is 1.93. The van der Waals surface area contributed by atoms with Gasteiger partial charge in [0, 0.05) is 24.0 Å². The summed E-state index contributed by atoms with van der Waals surface area (Å²) in [5.41, 5.74) is 2.61. The second kappa shape index (κ2) is 6.95. The zero-order valence-electron chi connectivity index (χ0n) is 11.1. The molecule has 20 heavy (non-hydrogen) atoms. The first-order valence-corrected chi connectivity index (χ1v) is 6.21. The first-order valence-electron chi connectivity index (χ1n) is 6.21. The van der Waals surface area contributed by atoms with Gasteiger partial charge in [0.05, 0.1) is 16.9 Å². The van der Waals surface area contributed by atoms with Crippen LogP contribution in [0.3, 0.4) is 0 Å². The Balaban J connectivity index is 0.000000147. The third-order valence-corrected chi connectivity index (χ3v) is 2.66. The van der Waals surface area contributed by atoms with E-state index in [0.717, 1.165) is 16.9 Å². The third kappa shape index (κ3) is 3.36. The minimum atomic E-state index is 0.775. The second-order valence-electron chi connectivity index (χ2n) is 3.93. The molecule has 0 fully saturated rings. The lowest BCUT2D eigenvalue weighted by Crippen LogP contribution is -1.87. The Morgan fingerprint density at radius 3 is 1.90 bits per heavy atom. The number of nitrogens with zero attached hydrogens (tertiary/aromatic N) is 3. The van der Waals surface area contributed by atoms with Gasteiger partial charge in [-0.15, -0.1) is 0 Å². The molecule has 0 unspecified atom stereocenters. The molecule has 0 saturated heterocycles. The molecular formula is C17H15N3. The lowest BCUT2D eigenvalue weighted by molar-refractivity contribution is 1.16. The van der Waals surface area contributed by atoms with E-state index in [1.54, 1.807) is 24.5 Å². The number of fused-ring (bicyclic) bond motifs is 1. The summed E-state index contributed by atoms with van der Waals surface area (Å²) in [6, 6.07) is 12.1. The Morgan fingerprint density at radius 1 is 0.700 bits per heavy atom. The van der Waals surface area contributed by atoms with Crippen molar-refractivity contribution in [2.75, 3.05) is 0 Å². The fourth-order valence-corrected chi connectivity index (χ4v) is 1.69. The molecule has 0 N–H and O–H groups in total. The van der Waals surface area contributed by atoms with Crippen LogP contribution in [-0.4, -0.2) is 15.0 Å². The standard InChI is InChI=1S/C9H7N.C8H8N2/c1-2-6-9-8(4-1)5-3-7-10-9;1-3-7-8(4-2)10-6-5-9-7/h1-7H;3-6H,1-2H2. The molecule has 0 aliphatic carbocycles. The molecule has 98 valence electrons. The SMILES string of the molecule is C=Cc1nccnc1C=C.c1ccc2ncccc2c1. The van der Waals surface area contributed by atoms with Crippen LogP contribution in [0.5, 0.6) is 0 Å². The maximum absolute atomic E-state index is 4.18. The van der Waals surface area contributed by atoms with Crippen molar-refractivity contribution in [2.45, 2.75) is 0 Å². The monoisotopic (exact) mass is 261 g/mol. The maximum atomic E-state index is 4.18. The smallest absolute Gasteiger partial charge is 0.0880 e. The summed E-state index contributed by atoms with van der Waals surface area (Å²) in [4.78, 5) is 12.2. The van der Waals surface area contributed by atoms with Crippen molar-refractivity contribution in [2.24, 2.45) is 0 Å². The zero-order valence-corrected chi connectivity index (χ0v) is 11.1. The van der Waals surface area contributed by atoms with E-state index in [4.69, 9.17) is 0 Å². The van der Waals surface area contributed by atoms with Gasteiger partial charge in [0.2, 0.25) is 0 Å². The fourth-order valence-electron chi connectivity index (χ4n) is 1.69. The predicted octanol–water partition coefficient (Wildman–Crippen LogP) is 4.00. The van der Waals surface area contributed by atoms with E-state index in [2.05, 4.69) is 40.2 Å². The number of hydrogen-bond donors (Lipinski definition) is 0. The molecule has 0 saturated carbocycles. The highest BCUT2D eigenvalue weighted by molar-refractivity contribution is 5.77. The van der Waals surface area contributed by atoms with E-state index < -0.39 is 0 Å². The number of rotatable bonds is 2. The molecule has 3 nitrogen and oxygen atoms in total. The van der Waals surface area contributed by atoms with Gasteiger partial charge >= 0.3 is 0 Å². The van der Waals surface area contributed by atoms with Gasteiger partial charge in [-0.05, 0) is 24.3 Å². The number of hydrogen-bond acceptors (Lipinski definition) is 3. The lowest BCUT2D eigenvalue weighted by Gasteiger charge is -1.94. The normalized spacial score (nSPS) is 9.40. The molecule has 0 bridgehead atoms. The average molecular weight is 261 g/mol. The third-order valence-electron chi connectivity index (χ3n) is 2.66. The molecule has 0 amide bonds. The van der Waals surface area contributed by atoms with Crippen LogP contribution in [0.2, 0.25) is 0 Å². The van der Waals surface area contributed by atoms with Crippen molar-refractivity contribution in [3.63, 3.8) is 0 Å². The van der Waals surface area contributed by atoms with Gasteiger partial charge in [-0.1, -0.05) is 37.4 Å². The highest BCUT2D eigenvalue weighted by Crippen LogP contribution is 2.07. The lowest BCUT2D eigenvalue weighted by atomic mass is 10.2.